The summed E-state index contributed by atoms with van der Waals surface area (Å²) in [6.07, 6.45) is 1.31. The second-order valence-corrected chi connectivity index (χ2v) is 7.42. The van der Waals surface area contributed by atoms with Crippen molar-refractivity contribution in [2.24, 2.45) is 5.41 Å². The lowest BCUT2D eigenvalue weighted by atomic mass is 9.89. The first-order valence-electron chi connectivity index (χ1n) is 6.55. The van der Waals surface area contributed by atoms with E-state index in [1.54, 1.807) is 0 Å². The molecule has 0 radical (unpaired) electrons. The molecule has 0 aromatic heterocycles. The van der Waals surface area contributed by atoms with Crippen LogP contribution in [0.5, 0.6) is 0 Å². The molecule has 0 fully saturated rings. The molecule has 0 aliphatic rings. The zero-order chi connectivity index (χ0) is 15.4. The highest BCUT2D eigenvalue weighted by Crippen LogP contribution is 2.21. The van der Waals surface area contributed by atoms with Gasteiger partial charge in [0.15, 0.2) is 0 Å². The van der Waals surface area contributed by atoms with Crippen molar-refractivity contribution in [1.29, 1.82) is 0 Å². The molecule has 0 saturated carbocycles. The zero-order valence-corrected chi connectivity index (χ0v) is 12.9. The lowest BCUT2D eigenvalue weighted by Gasteiger charge is -2.21. The number of sulfonamides is 1. The Labute approximate surface area is 120 Å². The van der Waals surface area contributed by atoms with Crippen LogP contribution in [-0.2, 0) is 10.0 Å². The molecule has 0 heterocycles. The minimum atomic E-state index is -3.69. The Morgan fingerprint density at radius 3 is 2.60 bits per heavy atom. The van der Waals surface area contributed by atoms with Gasteiger partial charge in [0, 0.05) is 18.7 Å². The van der Waals surface area contributed by atoms with Crippen molar-refractivity contribution in [3.8, 4) is 0 Å². The Balaban J connectivity index is 2.65. The summed E-state index contributed by atoms with van der Waals surface area (Å²) in [6.45, 7) is 5.60. The molecule has 0 atom stereocenters. The van der Waals surface area contributed by atoms with E-state index in [0.29, 0.717) is 12.8 Å². The molecule has 0 aliphatic heterocycles. The van der Waals surface area contributed by atoms with E-state index in [2.05, 4.69) is 4.72 Å². The van der Waals surface area contributed by atoms with Gasteiger partial charge >= 0.3 is 0 Å². The first kappa shape index (κ1) is 17.1. The van der Waals surface area contributed by atoms with Crippen LogP contribution in [-0.4, -0.2) is 26.7 Å². The van der Waals surface area contributed by atoms with Crippen molar-refractivity contribution in [2.45, 2.75) is 38.5 Å². The fourth-order valence-electron chi connectivity index (χ4n) is 1.81. The van der Waals surface area contributed by atoms with Gasteiger partial charge in [0.1, 0.15) is 5.82 Å². The van der Waals surface area contributed by atoms with Crippen molar-refractivity contribution in [3.63, 3.8) is 0 Å². The molecule has 2 N–H and O–H groups in total. The van der Waals surface area contributed by atoms with Gasteiger partial charge in [0.05, 0.1) is 4.90 Å². The van der Waals surface area contributed by atoms with E-state index in [1.807, 2.05) is 13.8 Å². The van der Waals surface area contributed by atoms with Gasteiger partial charge in [-0.15, -0.1) is 0 Å². The van der Waals surface area contributed by atoms with Crippen LogP contribution < -0.4 is 4.72 Å². The highest BCUT2D eigenvalue weighted by Gasteiger charge is 2.19. The van der Waals surface area contributed by atoms with E-state index in [-0.39, 0.29) is 29.0 Å². The Morgan fingerprint density at radius 2 is 2.00 bits per heavy atom. The fraction of sp³-hybridized carbons (Fsp3) is 0.571. The van der Waals surface area contributed by atoms with Gasteiger partial charge in [-0.25, -0.2) is 17.5 Å². The summed E-state index contributed by atoms with van der Waals surface area (Å²) in [7, 11) is -3.69. The van der Waals surface area contributed by atoms with Gasteiger partial charge < -0.3 is 5.11 Å². The van der Waals surface area contributed by atoms with Crippen LogP contribution in [0.15, 0.2) is 23.1 Å². The standard InChI is InChI=1S/C14H22FNO3S/c1-11-12(15)6-4-7-13(11)20(18,19)16-9-5-8-14(2,3)10-17/h4,6-7,16-17H,5,8-10H2,1-3H3. The summed E-state index contributed by atoms with van der Waals surface area (Å²) in [5, 5.41) is 9.12. The van der Waals surface area contributed by atoms with E-state index >= 15 is 0 Å². The molecule has 4 nitrogen and oxygen atoms in total. The first-order valence-corrected chi connectivity index (χ1v) is 8.03. The average molecular weight is 303 g/mol. The number of aliphatic hydroxyl groups is 1. The van der Waals surface area contributed by atoms with Crippen molar-refractivity contribution in [1.82, 2.24) is 4.72 Å². The normalized spacial score (nSPS) is 12.7. The number of aliphatic hydroxyl groups excluding tert-OH is 1. The number of benzene rings is 1. The molecular formula is C14H22FNO3S. The first-order chi connectivity index (χ1) is 9.19. The van der Waals surface area contributed by atoms with Crippen molar-refractivity contribution in [3.05, 3.63) is 29.6 Å². The largest absolute Gasteiger partial charge is 0.396 e. The second kappa shape index (κ2) is 6.65. The minimum absolute atomic E-state index is 0.0288. The molecule has 0 bridgehead atoms. The second-order valence-electron chi connectivity index (χ2n) is 5.69. The van der Waals surface area contributed by atoms with Gasteiger partial charge in [-0.1, -0.05) is 19.9 Å². The van der Waals surface area contributed by atoms with Crippen LogP contribution in [0.3, 0.4) is 0 Å². The quantitative estimate of drug-likeness (QED) is 0.759. The average Bonchev–Trinajstić information content (AvgIpc) is 2.38. The third kappa shape index (κ3) is 4.54. The smallest absolute Gasteiger partial charge is 0.240 e. The summed E-state index contributed by atoms with van der Waals surface area (Å²) in [4.78, 5) is -0.0288. The van der Waals surface area contributed by atoms with E-state index in [1.165, 1.54) is 25.1 Å². The fourth-order valence-corrected chi connectivity index (χ4v) is 3.14. The van der Waals surface area contributed by atoms with Crippen molar-refractivity contribution in [2.75, 3.05) is 13.2 Å². The summed E-state index contributed by atoms with van der Waals surface area (Å²) in [6, 6.07) is 4.00. The van der Waals surface area contributed by atoms with Crippen LogP contribution in [0.1, 0.15) is 32.3 Å². The third-order valence-corrected chi connectivity index (χ3v) is 4.86. The maximum absolute atomic E-state index is 13.4. The molecule has 1 rings (SSSR count). The van der Waals surface area contributed by atoms with Crippen molar-refractivity contribution >= 4 is 10.0 Å². The van der Waals surface area contributed by atoms with E-state index < -0.39 is 15.8 Å². The van der Waals surface area contributed by atoms with Crippen LogP contribution in [0.25, 0.3) is 0 Å². The monoisotopic (exact) mass is 303 g/mol. The summed E-state index contributed by atoms with van der Waals surface area (Å²) >= 11 is 0. The third-order valence-electron chi connectivity index (χ3n) is 3.26. The van der Waals surface area contributed by atoms with E-state index in [9.17, 15) is 12.8 Å². The number of hydrogen-bond acceptors (Lipinski definition) is 3. The molecule has 0 saturated heterocycles. The summed E-state index contributed by atoms with van der Waals surface area (Å²) in [5.41, 5.74) is -0.101. The molecule has 0 aliphatic carbocycles. The maximum Gasteiger partial charge on any atom is 0.240 e. The topological polar surface area (TPSA) is 66.4 Å². The number of halogens is 1. The Hall–Kier alpha value is -0.980. The Morgan fingerprint density at radius 1 is 1.35 bits per heavy atom. The van der Waals surface area contributed by atoms with Crippen LogP contribution >= 0.6 is 0 Å². The molecule has 1 aromatic carbocycles. The molecule has 0 spiro atoms. The van der Waals surface area contributed by atoms with Crippen LogP contribution in [0.2, 0.25) is 0 Å². The molecule has 0 amide bonds. The van der Waals surface area contributed by atoms with Gasteiger partial charge in [-0.2, -0.15) is 0 Å². The molecule has 6 heteroatoms. The molecular weight excluding hydrogens is 281 g/mol. The molecule has 20 heavy (non-hydrogen) atoms. The highest BCUT2D eigenvalue weighted by atomic mass is 32.2. The van der Waals surface area contributed by atoms with E-state index in [4.69, 9.17) is 5.11 Å². The summed E-state index contributed by atoms with van der Waals surface area (Å²) < 4.78 is 40.0. The van der Waals surface area contributed by atoms with E-state index in [0.717, 1.165) is 0 Å². The van der Waals surface area contributed by atoms with Gasteiger partial charge in [0.25, 0.3) is 0 Å². The molecule has 1 aromatic rings. The lowest BCUT2D eigenvalue weighted by Crippen LogP contribution is -2.27. The number of nitrogens with one attached hydrogen (secondary N) is 1. The predicted octanol–water partition coefficient (Wildman–Crippen LogP) is 2.21. The molecule has 114 valence electrons. The van der Waals surface area contributed by atoms with Gasteiger partial charge in [-0.3, -0.25) is 0 Å². The summed E-state index contributed by atoms with van der Waals surface area (Å²) in [5.74, 6) is -0.533. The SMILES string of the molecule is Cc1c(F)cccc1S(=O)(=O)NCCCC(C)(C)CO. The van der Waals surface area contributed by atoms with Crippen LogP contribution in [0, 0.1) is 18.2 Å². The van der Waals surface area contributed by atoms with Crippen LogP contribution in [0.4, 0.5) is 4.39 Å². The highest BCUT2D eigenvalue weighted by molar-refractivity contribution is 7.89. The van der Waals surface area contributed by atoms with Gasteiger partial charge in [0.2, 0.25) is 10.0 Å². The minimum Gasteiger partial charge on any atom is -0.396 e. The van der Waals surface area contributed by atoms with Gasteiger partial charge in [-0.05, 0) is 37.3 Å². The predicted molar refractivity (Wildman–Crippen MR) is 76.4 cm³/mol. The van der Waals surface area contributed by atoms with Crippen molar-refractivity contribution < 1.29 is 17.9 Å². The Kier molecular flexibility index (Phi) is 5.68. The number of hydrogen-bond donors (Lipinski definition) is 2. The Bertz CT molecular complexity index is 556. The molecule has 0 unspecified atom stereocenters. The lowest BCUT2D eigenvalue weighted by molar-refractivity contribution is 0.148. The number of rotatable bonds is 7. The maximum atomic E-state index is 13.4. The zero-order valence-electron chi connectivity index (χ0n) is 12.1.